The molecule has 0 radical (unpaired) electrons. The molecule has 0 saturated carbocycles. The second kappa shape index (κ2) is 2.92. The van der Waals surface area contributed by atoms with Crippen molar-refractivity contribution >= 4 is 21.6 Å². The average Bonchev–Trinajstić information content (AvgIpc) is 2.58. The van der Waals surface area contributed by atoms with Gasteiger partial charge in [0.15, 0.2) is 0 Å². The summed E-state index contributed by atoms with van der Waals surface area (Å²) in [6, 6.07) is 4.46. The van der Waals surface area contributed by atoms with Crippen molar-refractivity contribution in [2.75, 3.05) is 7.05 Å². The van der Waals surface area contributed by atoms with Gasteiger partial charge in [0.25, 0.3) is 0 Å². The minimum absolute atomic E-state index is 1.07. The number of hydrogen-bond donors (Lipinski definition) is 1. The summed E-state index contributed by atoms with van der Waals surface area (Å²) in [5, 5.41) is 4.34. The van der Waals surface area contributed by atoms with E-state index < -0.39 is 0 Å². The van der Waals surface area contributed by atoms with Crippen LogP contribution in [0.1, 0.15) is 5.69 Å². The third-order valence-electron chi connectivity index (χ3n) is 2.18. The van der Waals surface area contributed by atoms with E-state index in [-0.39, 0.29) is 0 Å². The Morgan fingerprint density at radius 1 is 1.58 bits per heavy atom. The summed E-state index contributed by atoms with van der Waals surface area (Å²) in [7, 11) is 4.23. The fourth-order valence-corrected chi connectivity index (χ4v) is 2.38. The van der Waals surface area contributed by atoms with E-state index in [0.29, 0.717) is 0 Å². The molecule has 2 aromatic heterocycles. The summed E-state index contributed by atoms with van der Waals surface area (Å²) in [5.74, 6) is 0. The van der Waals surface area contributed by atoms with Crippen LogP contribution in [0.25, 0.3) is 10.2 Å². The predicted molar refractivity (Wildman–Crippen MR) is 52.3 cm³/mol. The van der Waals surface area contributed by atoms with Crippen LogP contribution in [-0.2, 0) is 13.6 Å². The summed E-state index contributed by atoms with van der Waals surface area (Å²) in [6.07, 6.45) is 0. The molecule has 12 heavy (non-hydrogen) atoms. The molecule has 2 nitrogen and oxygen atoms in total. The molecule has 0 aliphatic carbocycles. The molecular weight excluding hydrogens is 168 g/mol. The summed E-state index contributed by atoms with van der Waals surface area (Å²) < 4.78 is 3.67. The minimum atomic E-state index is 1.07. The SMILES string of the molecule is C[NH2+]Cc1cc2sccc2n1C. The molecule has 0 bridgehead atoms. The van der Waals surface area contributed by atoms with Gasteiger partial charge in [0.2, 0.25) is 0 Å². The Labute approximate surface area is 75.8 Å². The Morgan fingerprint density at radius 3 is 3.08 bits per heavy atom. The number of nitrogens with zero attached hydrogens (tertiary/aromatic N) is 1. The van der Waals surface area contributed by atoms with Gasteiger partial charge in [0.05, 0.1) is 23.0 Å². The molecule has 0 aliphatic heterocycles. The Hall–Kier alpha value is -0.800. The van der Waals surface area contributed by atoms with Gasteiger partial charge >= 0.3 is 0 Å². The molecule has 0 atom stereocenters. The first-order valence-electron chi connectivity index (χ1n) is 4.12. The van der Waals surface area contributed by atoms with E-state index >= 15 is 0 Å². The molecule has 0 unspecified atom stereocenters. The zero-order valence-electron chi connectivity index (χ0n) is 7.37. The van der Waals surface area contributed by atoms with Crippen LogP contribution in [-0.4, -0.2) is 11.6 Å². The van der Waals surface area contributed by atoms with Gasteiger partial charge in [0.1, 0.15) is 6.54 Å². The van der Waals surface area contributed by atoms with Gasteiger partial charge in [-0.3, -0.25) is 0 Å². The van der Waals surface area contributed by atoms with Gasteiger partial charge in [0, 0.05) is 7.05 Å². The average molecular weight is 181 g/mol. The molecule has 2 aromatic rings. The van der Waals surface area contributed by atoms with E-state index in [2.05, 4.69) is 41.5 Å². The Balaban J connectivity index is 2.55. The largest absolute Gasteiger partial charge is 0.344 e. The fourth-order valence-electron chi connectivity index (χ4n) is 1.51. The molecule has 2 heterocycles. The molecule has 2 rings (SSSR count). The predicted octanol–water partition coefficient (Wildman–Crippen LogP) is 0.933. The molecule has 0 amide bonds. The van der Waals surface area contributed by atoms with Crippen molar-refractivity contribution < 1.29 is 5.32 Å². The number of aromatic nitrogens is 1. The summed E-state index contributed by atoms with van der Waals surface area (Å²) >= 11 is 1.81. The Bertz CT molecular complexity index is 386. The van der Waals surface area contributed by atoms with E-state index in [4.69, 9.17) is 0 Å². The smallest absolute Gasteiger partial charge is 0.116 e. The van der Waals surface area contributed by atoms with E-state index in [1.54, 1.807) is 0 Å². The molecule has 0 aromatic carbocycles. The molecule has 0 saturated heterocycles. The number of hydrogen-bond acceptors (Lipinski definition) is 1. The molecule has 0 aliphatic rings. The topological polar surface area (TPSA) is 21.5 Å². The van der Waals surface area contributed by atoms with E-state index in [0.717, 1.165) is 6.54 Å². The van der Waals surface area contributed by atoms with Crippen molar-refractivity contribution in [2.45, 2.75) is 6.54 Å². The lowest BCUT2D eigenvalue weighted by molar-refractivity contribution is -0.644. The van der Waals surface area contributed by atoms with Crippen molar-refractivity contribution in [1.82, 2.24) is 4.57 Å². The van der Waals surface area contributed by atoms with Crippen molar-refractivity contribution in [2.24, 2.45) is 7.05 Å². The third kappa shape index (κ3) is 1.06. The van der Waals surface area contributed by atoms with Crippen LogP contribution < -0.4 is 5.32 Å². The number of nitrogens with two attached hydrogens (primary N) is 1. The highest BCUT2D eigenvalue weighted by atomic mass is 32.1. The standard InChI is InChI=1S/C9H12N2S/c1-10-6-7-5-9-8(11(7)2)3-4-12-9/h3-5,10H,6H2,1-2H3/p+1. The lowest BCUT2D eigenvalue weighted by Gasteiger charge is -1.99. The zero-order chi connectivity index (χ0) is 8.55. The summed E-state index contributed by atoms with van der Waals surface area (Å²) in [4.78, 5) is 0. The van der Waals surface area contributed by atoms with E-state index in [9.17, 15) is 0 Å². The molecule has 3 heteroatoms. The maximum absolute atomic E-state index is 2.28. The number of quaternary nitrogens is 1. The van der Waals surface area contributed by atoms with Crippen molar-refractivity contribution in [1.29, 1.82) is 0 Å². The van der Waals surface area contributed by atoms with Gasteiger partial charge in [-0.05, 0) is 17.5 Å². The van der Waals surface area contributed by atoms with Crippen LogP contribution in [0.4, 0.5) is 0 Å². The highest BCUT2D eigenvalue weighted by molar-refractivity contribution is 7.17. The maximum Gasteiger partial charge on any atom is 0.116 e. The van der Waals surface area contributed by atoms with Gasteiger partial charge < -0.3 is 9.88 Å². The zero-order valence-corrected chi connectivity index (χ0v) is 8.19. The second-order valence-corrected chi connectivity index (χ2v) is 3.92. The Kier molecular flexibility index (Phi) is 1.90. The highest BCUT2D eigenvalue weighted by Gasteiger charge is 2.05. The van der Waals surface area contributed by atoms with Crippen molar-refractivity contribution in [3.8, 4) is 0 Å². The monoisotopic (exact) mass is 181 g/mol. The van der Waals surface area contributed by atoms with Crippen LogP contribution >= 0.6 is 11.3 Å². The minimum Gasteiger partial charge on any atom is -0.344 e. The molecule has 64 valence electrons. The summed E-state index contributed by atoms with van der Waals surface area (Å²) in [6.45, 7) is 1.07. The number of aryl methyl sites for hydroxylation is 1. The van der Waals surface area contributed by atoms with Gasteiger partial charge in [-0.25, -0.2) is 0 Å². The van der Waals surface area contributed by atoms with E-state index in [1.807, 2.05) is 11.3 Å². The fraction of sp³-hybridized carbons (Fsp3) is 0.333. The van der Waals surface area contributed by atoms with Gasteiger partial charge in [-0.1, -0.05) is 0 Å². The molecule has 0 spiro atoms. The van der Waals surface area contributed by atoms with Crippen LogP contribution in [0, 0.1) is 0 Å². The number of fused-ring (bicyclic) bond motifs is 1. The normalized spacial score (nSPS) is 11.2. The quantitative estimate of drug-likeness (QED) is 0.712. The van der Waals surface area contributed by atoms with Crippen molar-refractivity contribution in [3.63, 3.8) is 0 Å². The molecule has 0 fully saturated rings. The van der Waals surface area contributed by atoms with Crippen molar-refractivity contribution in [3.05, 3.63) is 23.2 Å². The van der Waals surface area contributed by atoms with Crippen LogP contribution in [0.15, 0.2) is 17.5 Å². The summed E-state index contributed by atoms with van der Waals surface area (Å²) in [5.41, 5.74) is 2.76. The van der Waals surface area contributed by atoms with Crippen LogP contribution in [0.3, 0.4) is 0 Å². The highest BCUT2D eigenvalue weighted by Crippen LogP contribution is 2.23. The number of rotatable bonds is 2. The first kappa shape index (κ1) is 7.83. The number of thiophene rings is 1. The van der Waals surface area contributed by atoms with Gasteiger partial charge in [-0.15, -0.1) is 11.3 Å². The maximum atomic E-state index is 2.28. The van der Waals surface area contributed by atoms with Gasteiger partial charge in [-0.2, -0.15) is 0 Å². The van der Waals surface area contributed by atoms with Crippen LogP contribution in [0.5, 0.6) is 0 Å². The second-order valence-electron chi connectivity index (χ2n) is 2.98. The lowest BCUT2D eigenvalue weighted by atomic mass is 10.4. The Morgan fingerprint density at radius 2 is 2.42 bits per heavy atom. The first-order chi connectivity index (χ1) is 5.83. The molecule has 2 N–H and O–H groups in total. The third-order valence-corrected chi connectivity index (χ3v) is 3.03. The molecular formula is C9H13N2S+. The van der Waals surface area contributed by atoms with Crippen LogP contribution in [0.2, 0.25) is 0 Å². The first-order valence-corrected chi connectivity index (χ1v) is 5.00. The lowest BCUT2D eigenvalue weighted by Crippen LogP contribution is -2.77. The van der Waals surface area contributed by atoms with E-state index in [1.165, 1.54) is 15.9 Å².